The Hall–Kier alpha value is -4.17. The number of rotatable bonds is 7. The van der Waals surface area contributed by atoms with Gasteiger partial charge in [0.25, 0.3) is 0 Å². The second kappa shape index (κ2) is 11.4. The number of hydrogen-bond acceptors (Lipinski definition) is 5. The molecule has 5 heteroatoms. The van der Waals surface area contributed by atoms with Crippen LogP contribution in [0, 0.1) is 11.8 Å². The first-order chi connectivity index (χ1) is 16.1. The standard InChI is InChI=1S/C28H25NO4/c1-3-32-26(30)28(27(31)33-4-2,21-20-22-14-8-5-9-15-22)29-25(23-16-10-6-11-17-23)24-18-12-7-13-19-24/h5-19H,3-4H2,1-2H3. The summed E-state index contributed by atoms with van der Waals surface area (Å²) in [7, 11) is 0. The van der Waals surface area contributed by atoms with Crippen molar-refractivity contribution in [3.05, 3.63) is 108 Å². The molecule has 33 heavy (non-hydrogen) atoms. The second-order valence-corrected chi connectivity index (χ2v) is 6.96. The van der Waals surface area contributed by atoms with Crippen LogP contribution in [0.3, 0.4) is 0 Å². The first-order valence-corrected chi connectivity index (χ1v) is 10.7. The summed E-state index contributed by atoms with van der Waals surface area (Å²) in [6.45, 7) is 3.46. The molecule has 0 saturated carbocycles. The van der Waals surface area contributed by atoms with Gasteiger partial charge in [0, 0.05) is 16.7 Å². The minimum absolute atomic E-state index is 0.0640. The van der Waals surface area contributed by atoms with Crippen molar-refractivity contribution in [1.82, 2.24) is 0 Å². The third-order valence-electron chi connectivity index (χ3n) is 4.68. The van der Waals surface area contributed by atoms with Crippen molar-refractivity contribution in [2.75, 3.05) is 13.2 Å². The van der Waals surface area contributed by atoms with E-state index >= 15 is 0 Å². The lowest BCUT2D eigenvalue weighted by molar-refractivity contribution is -0.160. The number of benzene rings is 3. The van der Waals surface area contributed by atoms with Crippen molar-refractivity contribution in [3.63, 3.8) is 0 Å². The SMILES string of the molecule is CCOC(=O)C(C#Cc1ccccc1)(N=C(c1ccccc1)c1ccccc1)C(=O)OCC. The molecule has 0 N–H and O–H groups in total. The van der Waals surface area contributed by atoms with Crippen LogP contribution in [0.1, 0.15) is 30.5 Å². The Morgan fingerprint density at radius 2 is 1.15 bits per heavy atom. The monoisotopic (exact) mass is 439 g/mol. The number of ether oxygens (including phenoxy) is 2. The van der Waals surface area contributed by atoms with E-state index in [1.165, 1.54) is 0 Å². The molecule has 0 aliphatic rings. The first-order valence-electron chi connectivity index (χ1n) is 10.7. The van der Waals surface area contributed by atoms with E-state index in [0.29, 0.717) is 11.3 Å². The lowest BCUT2D eigenvalue weighted by Crippen LogP contribution is -2.47. The smallest absolute Gasteiger partial charge is 0.358 e. The van der Waals surface area contributed by atoms with Gasteiger partial charge < -0.3 is 9.47 Å². The summed E-state index contributed by atoms with van der Waals surface area (Å²) in [5.41, 5.74) is 0.320. The Bertz CT molecular complexity index is 1100. The molecule has 5 nitrogen and oxygen atoms in total. The average molecular weight is 440 g/mol. The van der Waals surface area contributed by atoms with Crippen LogP contribution in [0.15, 0.2) is 96.0 Å². The molecule has 0 aliphatic carbocycles. The van der Waals surface area contributed by atoms with Crippen LogP contribution in [-0.4, -0.2) is 36.4 Å². The third kappa shape index (κ3) is 5.75. The molecule has 166 valence electrons. The number of carbonyl (C=O) groups is 2. The van der Waals surface area contributed by atoms with Crippen molar-refractivity contribution >= 4 is 17.7 Å². The van der Waals surface area contributed by atoms with E-state index in [0.717, 1.165) is 11.1 Å². The molecule has 3 aromatic carbocycles. The van der Waals surface area contributed by atoms with Crippen LogP contribution < -0.4 is 0 Å². The van der Waals surface area contributed by atoms with Gasteiger partial charge in [0.15, 0.2) is 0 Å². The van der Waals surface area contributed by atoms with Gasteiger partial charge in [-0.3, -0.25) is 0 Å². The van der Waals surface area contributed by atoms with Crippen molar-refractivity contribution in [3.8, 4) is 11.8 Å². The number of hydrogen-bond donors (Lipinski definition) is 0. The largest absolute Gasteiger partial charge is 0.463 e. The number of esters is 2. The molecule has 0 fully saturated rings. The zero-order valence-electron chi connectivity index (χ0n) is 18.7. The number of nitrogens with zero attached hydrogens (tertiary/aromatic N) is 1. The van der Waals surface area contributed by atoms with Crippen LogP contribution in [0.5, 0.6) is 0 Å². The summed E-state index contributed by atoms with van der Waals surface area (Å²) in [4.78, 5) is 31.2. The second-order valence-electron chi connectivity index (χ2n) is 6.96. The van der Waals surface area contributed by atoms with E-state index in [1.54, 1.807) is 26.0 Å². The number of carbonyl (C=O) groups excluding carboxylic acids is 2. The number of aliphatic imine (C=N–C) groups is 1. The van der Waals surface area contributed by atoms with Crippen molar-refractivity contribution in [2.45, 2.75) is 19.4 Å². The van der Waals surface area contributed by atoms with Gasteiger partial charge in [0.1, 0.15) is 0 Å². The average Bonchev–Trinajstić information content (AvgIpc) is 2.86. The molecule has 0 heterocycles. The summed E-state index contributed by atoms with van der Waals surface area (Å²) in [5, 5.41) is 0. The Balaban J connectivity index is 2.31. The summed E-state index contributed by atoms with van der Waals surface area (Å²) in [6.07, 6.45) is 0. The fourth-order valence-corrected chi connectivity index (χ4v) is 3.12. The fraction of sp³-hybridized carbons (Fsp3) is 0.179. The van der Waals surface area contributed by atoms with Crippen molar-refractivity contribution in [1.29, 1.82) is 0 Å². The molecule has 0 atom stereocenters. The Labute approximate surface area is 194 Å². The zero-order valence-corrected chi connectivity index (χ0v) is 18.7. The predicted molar refractivity (Wildman–Crippen MR) is 128 cm³/mol. The molecule has 3 rings (SSSR count). The maximum Gasteiger partial charge on any atom is 0.358 e. The molecular formula is C28H25NO4. The van der Waals surface area contributed by atoms with E-state index in [-0.39, 0.29) is 13.2 Å². The van der Waals surface area contributed by atoms with E-state index < -0.39 is 17.5 Å². The topological polar surface area (TPSA) is 65.0 Å². The van der Waals surface area contributed by atoms with Gasteiger partial charge in [-0.25, -0.2) is 14.6 Å². The highest BCUT2D eigenvalue weighted by Crippen LogP contribution is 2.22. The minimum Gasteiger partial charge on any atom is -0.463 e. The molecule has 0 aliphatic heterocycles. The maximum absolute atomic E-state index is 13.3. The fourth-order valence-electron chi connectivity index (χ4n) is 3.12. The molecule has 0 bridgehead atoms. The van der Waals surface area contributed by atoms with Gasteiger partial charge in [-0.1, -0.05) is 84.8 Å². The molecule has 0 spiro atoms. The summed E-state index contributed by atoms with van der Waals surface area (Å²) >= 11 is 0. The van der Waals surface area contributed by atoms with E-state index in [1.807, 2.05) is 78.9 Å². The lowest BCUT2D eigenvalue weighted by atomic mass is 9.96. The van der Waals surface area contributed by atoms with Crippen LogP contribution in [-0.2, 0) is 19.1 Å². The summed E-state index contributed by atoms with van der Waals surface area (Å²) in [5.74, 6) is 3.96. The molecule has 3 aromatic rings. The van der Waals surface area contributed by atoms with E-state index in [2.05, 4.69) is 11.8 Å². The third-order valence-corrected chi connectivity index (χ3v) is 4.68. The Morgan fingerprint density at radius 1 is 0.727 bits per heavy atom. The molecular weight excluding hydrogens is 414 g/mol. The molecule has 0 radical (unpaired) electrons. The van der Waals surface area contributed by atoms with Crippen molar-refractivity contribution < 1.29 is 19.1 Å². The van der Waals surface area contributed by atoms with Crippen LogP contribution >= 0.6 is 0 Å². The predicted octanol–water partition coefficient (Wildman–Crippen LogP) is 4.44. The van der Waals surface area contributed by atoms with Crippen LogP contribution in [0.2, 0.25) is 0 Å². The molecule has 0 saturated heterocycles. The first kappa shape index (κ1) is 23.5. The summed E-state index contributed by atoms with van der Waals surface area (Å²) < 4.78 is 10.6. The van der Waals surface area contributed by atoms with Gasteiger partial charge in [-0.2, -0.15) is 0 Å². The van der Waals surface area contributed by atoms with Crippen LogP contribution in [0.25, 0.3) is 0 Å². The maximum atomic E-state index is 13.3. The molecule has 0 amide bonds. The normalized spacial score (nSPS) is 10.4. The molecule has 0 aromatic heterocycles. The Morgan fingerprint density at radius 3 is 1.58 bits per heavy atom. The van der Waals surface area contributed by atoms with Gasteiger partial charge >= 0.3 is 17.5 Å². The highest BCUT2D eigenvalue weighted by Gasteiger charge is 2.49. The quantitative estimate of drug-likeness (QED) is 0.236. The zero-order chi connectivity index (χ0) is 23.5. The van der Waals surface area contributed by atoms with Gasteiger partial charge in [0.05, 0.1) is 18.9 Å². The summed E-state index contributed by atoms with van der Waals surface area (Å²) in [6, 6.07) is 27.7. The van der Waals surface area contributed by atoms with Gasteiger partial charge in [0.2, 0.25) is 0 Å². The van der Waals surface area contributed by atoms with E-state index in [9.17, 15) is 9.59 Å². The van der Waals surface area contributed by atoms with Gasteiger partial charge in [-0.05, 0) is 31.9 Å². The molecule has 0 unspecified atom stereocenters. The highest BCUT2D eigenvalue weighted by atomic mass is 16.6. The van der Waals surface area contributed by atoms with E-state index in [4.69, 9.17) is 14.5 Å². The Kier molecular flexibility index (Phi) is 8.15. The van der Waals surface area contributed by atoms with Crippen molar-refractivity contribution in [2.24, 2.45) is 4.99 Å². The minimum atomic E-state index is -2.19. The van der Waals surface area contributed by atoms with Crippen LogP contribution in [0.4, 0.5) is 0 Å². The lowest BCUT2D eigenvalue weighted by Gasteiger charge is -2.22. The highest BCUT2D eigenvalue weighted by molar-refractivity contribution is 6.18. The van der Waals surface area contributed by atoms with Gasteiger partial charge in [-0.15, -0.1) is 0 Å².